The second kappa shape index (κ2) is 8.29. The van der Waals surface area contributed by atoms with Crippen molar-refractivity contribution < 1.29 is 0 Å². The number of benzene rings is 6. The average molecular weight is 538 g/mol. The standard InChI is InChI=1S/C36H27NS2/c1-36(2,3)30-12-6-22-5-11-29-31(13-7-23-4-10-28(30)34(22)35(23)29)37(26-8-14-32-24(20-26)16-18-38-32)27-9-15-33-25(21-27)17-19-39-33/h4-21H,1-3H3. The molecule has 0 radical (unpaired) electrons. The molecule has 0 aliphatic rings. The van der Waals surface area contributed by atoms with E-state index in [9.17, 15) is 0 Å². The normalized spacial score (nSPS) is 12.5. The minimum atomic E-state index is 0.0725. The van der Waals surface area contributed by atoms with E-state index in [1.165, 1.54) is 75.1 Å². The number of fused-ring (bicyclic) bond motifs is 2. The van der Waals surface area contributed by atoms with Crippen LogP contribution in [-0.4, -0.2) is 0 Å². The minimum absolute atomic E-state index is 0.0725. The third-order valence-corrected chi connectivity index (χ3v) is 9.87. The summed E-state index contributed by atoms with van der Waals surface area (Å²) in [4.78, 5) is 2.45. The molecule has 1 nitrogen and oxygen atoms in total. The zero-order valence-electron chi connectivity index (χ0n) is 22.2. The lowest BCUT2D eigenvalue weighted by Crippen LogP contribution is -2.12. The van der Waals surface area contributed by atoms with Crippen LogP contribution >= 0.6 is 22.7 Å². The molecule has 0 aliphatic carbocycles. The molecule has 0 saturated heterocycles. The Morgan fingerprint density at radius 1 is 0.513 bits per heavy atom. The predicted octanol–water partition coefficient (Wildman–Crippen LogP) is 11.8. The van der Waals surface area contributed by atoms with Gasteiger partial charge in [0.25, 0.3) is 0 Å². The van der Waals surface area contributed by atoms with E-state index in [1.54, 1.807) is 22.7 Å². The van der Waals surface area contributed by atoms with Crippen LogP contribution < -0.4 is 4.90 Å². The Hall–Kier alpha value is -3.92. The summed E-state index contributed by atoms with van der Waals surface area (Å²) in [5.41, 5.74) is 5.05. The van der Waals surface area contributed by atoms with Crippen molar-refractivity contribution in [1.82, 2.24) is 0 Å². The average Bonchev–Trinajstić information content (AvgIpc) is 3.61. The first kappa shape index (κ1) is 23.0. The first-order valence-electron chi connectivity index (χ1n) is 13.4. The lowest BCUT2D eigenvalue weighted by Gasteiger charge is -2.28. The number of nitrogens with zero attached hydrogens (tertiary/aromatic N) is 1. The number of anilines is 3. The van der Waals surface area contributed by atoms with Gasteiger partial charge in [0, 0.05) is 26.2 Å². The fraction of sp³-hybridized carbons (Fsp3) is 0.111. The lowest BCUT2D eigenvalue weighted by atomic mass is 9.81. The second-order valence-electron chi connectivity index (χ2n) is 11.5. The maximum absolute atomic E-state index is 2.45. The third kappa shape index (κ3) is 3.50. The van der Waals surface area contributed by atoms with Crippen molar-refractivity contribution in [2.75, 3.05) is 4.90 Å². The Kier molecular flexibility index (Phi) is 4.89. The molecule has 0 spiro atoms. The van der Waals surface area contributed by atoms with Crippen LogP contribution in [0.25, 0.3) is 52.5 Å². The van der Waals surface area contributed by atoms with Crippen molar-refractivity contribution in [1.29, 1.82) is 0 Å². The molecule has 6 aromatic carbocycles. The predicted molar refractivity (Wildman–Crippen MR) is 174 cm³/mol. The van der Waals surface area contributed by atoms with Crippen LogP contribution in [0.5, 0.6) is 0 Å². The van der Waals surface area contributed by atoms with Crippen LogP contribution in [0, 0.1) is 0 Å². The van der Waals surface area contributed by atoms with Crippen molar-refractivity contribution in [2.45, 2.75) is 26.2 Å². The maximum Gasteiger partial charge on any atom is 0.0540 e. The molecule has 39 heavy (non-hydrogen) atoms. The number of hydrogen-bond acceptors (Lipinski definition) is 3. The van der Waals surface area contributed by atoms with Crippen molar-refractivity contribution in [2.24, 2.45) is 0 Å². The first-order chi connectivity index (χ1) is 19.0. The molecule has 8 rings (SSSR count). The summed E-state index contributed by atoms with van der Waals surface area (Å²) in [6, 6.07) is 36.7. The van der Waals surface area contributed by atoms with E-state index in [-0.39, 0.29) is 5.41 Å². The van der Waals surface area contributed by atoms with E-state index in [0.717, 1.165) is 0 Å². The van der Waals surface area contributed by atoms with Crippen LogP contribution in [0.15, 0.2) is 108 Å². The smallest absolute Gasteiger partial charge is 0.0540 e. The van der Waals surface area contributed by atoms with Crippen LogP contribution in [0.3, 0.4) is 0 Å². The number of thiophene rings is 2. The summed E-state index contributed by atoms with van der Waals surface area (Å²) in [6.07, 6.45) is 0. The van der Waals surface area contributed by atoms with E-state index in [0.29, 0.717) is 0 Å². The van der Waals surface area contributed by atoms with Crippen molar-refractivity contribution in [3.8, 4) is 0 Å². The van der Waals surface area contributed by atoms with Crippen molar-refractivity contribution >= 4 is 92.2 Å². The quantitative estimate of drug-likeness (QED) is 0.203. The molecular weight excluding hydrogens is 511 g/mol. The lowest BCUT2D eigenvalue weighted by molar-refractivity contribution is 0.596. The zero-order chi connectivity index (χ0) is 26.3. The summed E-state index contributed by atoms with van der Waals surface area (Å²) in [5.74, 6) is 0. The Morgan fingerprint density at radius 3 is 1.67 bits per heavy atom. The highest BCUT2D eigenvalue weighted by Crippen LogP contribution is 2.46. The van der Waals surface area contributed by atoms with Gasteiger partial charge in [0.15, 0.2) is 0 Å². The molecule has 0 aliphatic heterocycles. The second-order valence-corrected chi connectivity index (χ2v) is 13.4. The first-order valence-corrected chi connectivity index (χ1v) is 15.2. The highest BCUT2D eigenvalue weighted by molar-refractivity contribution is 7.17. The zero-order valence-corrected chi connectivity index (χ0v) is 23.8. The molecular formula is C36H27NS2. The van der Waals surface area contributed by atoms with Gasteiger partial charge < -0.3 is 4.90 Å². The molecule has 0 N–H and O–H groups in total. The van der Waals surface area contributed by atoms with E-state index in [2.05, 4.69) is 133 Å². The molecule has 188 valence electrons. The molecule has 0 saturated carbocycles. The summed E-state index contributed by atoms with van der Waals surface area (Å²) >= 11 is 3.59. The van der Waals surface area contributed by atoms with E-state index < -0.39 is 0 Å². The van der Waals surface area contributed by atoms with E-state index in [1.807, 2.05) is 0 Å². The summed E-state index contributed by atoms with van der Waals surface area (Å²) in [5, 5.41) is 14.9. The molecule has 2 aromatic heterocycles. The van der Waals surface area contributed by atoms with Crippen LogP contribution in [-0.2, 0) is 5.41 Å². The summed E-state index contributed by atoms with van der Waals surface area (Å²) in [7, 11) is 0. The molecule has 0 fully saturated rings. The van der Waals surface area contributed by atoms with Gasteiger partial charge in [-0.15, -0.1) is 22.7 Å². The monoisotopic (exact) mass is 537 g/mol. The van der Waals surface area contributed by atoms with Gasteiger partial charge in [0.05, 0.1) is 5.69 Å². The Balaban J connectivity index is 1.46. The van der Waals surface area contributed by atoms with Gasteiger partial charge in [-0.1, -0.05) is 63.2 Å². The van der Waals surface area contributed by atoms with Crippen molar-refractivity contribution in [3.05, 3.63) is 113 Å². The fourth-order valence-corrected chi connectivity index (χ4v) is 7.79. The van der Waals surface area contributed by atoms with Crippen LogP contribution in [0.2, 0.25) is 0 Å². The Morgan fingerprint density at radius 2 is 1.05 bits per heavy atom. The Labute approximate surface area is 235 Å². The molecule has 0 amide bonds. The van der Waals surface area contributed by atoms with Gasteiger partial charge in [-0.3, -0.25) is 0 Å². The molecule has 2 heterocycles. The fourth-order valence-electron chi connectivity index (χ4n) is 6.25. The van der Waals surface area contributed by atoms with Gasteiger partial charge in [-0.25, -0.2) is 0 Å². The third-order valence-electron chi connectivity index (χ3n) is 8.08. The van der Waals surface area contributed by atoms with Gasteiger partial charge in [-0.05, 0) is 114 Å². The topological polar surface area (TPSA) is 3.24 Å². The van der Waals surface area contributed by atoms with E-state index in [4.69, 9.17) is 0 Å². The maximum atomic E-state index is 2.45. The highest BCUT2D eigenvalue weighted by Gasteiger charge is 2.22. The number of rotatable bonds is 3. The Bertz CT molecular complexity index is 2100. The van der Waals surface area contributed by atoms with Gasteiger partial charge in [-0.2, -0.15) is 0 Å². The molecule has 8 aromatic rings. The number of hydrogen-bond donors (Lipinski definition) is 0. The summed E-state index contributed by atoms with van der Waals surface area (Å²) < 4.78 is 2.63. The summed E-state index contributed by atoms with van der Waals surface area (Å²) in [6.45, 7) is 6.94. The van der Waals surface area contributed by atoms with Gasteiger partial charge >= 0.3 is 0 Å². The molecule has 0 bridgehead atoms. The van der Waals surface area contributed by atoms with Gasteiger partial charge in [0.2, 0.25) is 0 Å². The highest BCUT2D eigenvalue weighted by atomic mass is 32.1. The van der Waals surface area contributed by atoms with Crippen LogP contribution in [0.1, 0.15) is 26.3 Å². The van der Waals surface area contributed by atoms with E-state index >= 15 is 0 Å². The largest absolute Gasteiger partial charge is 0.310 e. The minimum Gasteiger partial charge on any atom is -0.310 e. The van der Waals surface area contributed by atoms with Crippen molar-refractivity contribution in [3.63, 3.8) is 0 Å². The molecule has 0 unspecified atom stereocenters. The van der Waals surface area contributed by atoms with Gasteiger partial charge in [0.1, 0.15) is 0 Å². The molecule has 0 atom stereocenters. The molecule has 3 heteroatoms. The van der Waals surface area contributed by atoms with Crippen LogP contribution in [0.4, 0.5) is 17.1 Å². The SMILES string of the molecule is CC(C)(C)c1ccc2ccc3c(N(c4ccc5sccc5c4)c4ccc5sccc5c4)ccc4ccc1c2c43.